The second-order valence-electron chi connectivity index (χ2n) is 8.14. The third-order valence-electron chi connectivity index (χ3n) is 6.27. The summed E-state index contributed by atoms with van der Waals surface area (Å²) >= 11 is 0. The molecule has 3 heterocycles. The molecule has 0 saturated carbocycles. The SMILES string of the molecule is CCN1CCN(c2ccc(CNC(=NC)N3CC=C(c4ccccc4)CC3)cn2)CC1.I. The van der Waals surface area contributed by atoms with Crippen molar-refractivity contribution in [2.75, 3.05) is 57.8 Å². The number of nitrogens with zero attached hydrogens (tertiary/aromatic N) is 5. The highest BCUT2D eigenvalue weighted by atomic mass is 127. The van der Waals surface area contributed by atoms with Crippen LogP contribution in [-0.2, 0) is 6.54 Å². The zero-order valence-corrected chi connectivity index (χ0v) is 21.5. The van der Waals surface area contributed by atoms with Gasteiger partial charge < -0.3 is 20.0 Å². The third-order valence-corrected chi connectivity index (χ3v) is 6.27. The third kappa shape index (κ3) is 6.22. The molecular weight excluding hydrogens is 511 g/mol. The Morgan fingerprint density at radius 2 is 1.81 bits per heavy atom. The highest BCUT2D eigenvalue weighted by Gasteiger charge is 2.18. The maximum atomic E-state index is 4.72. The molecule has 1 fully saturated rings. The van der Waals surface area contributed by atoms with Crippen molar-refractivity contribution in [2.24, 2.45) is 4.99 Å². The number of anilines is 1. The fraction of sp³-hybridized carbons (Fsp3) is 0.440. The number of rotatable bonds is 5. The van der Waals surface area contributed by atoms with Crippen molar-refractivity contribution in [1.82, 2.24) is 20.1 Å². The molecule has 1 N–H and O–H groups in total. The molecule has 1 saturated heterocycles. The number of hydrogen-bond acceptors (Lipinski definition) is 4. The zero-order valence-electron chi connectivity index (χ0n) is 19.2. The predicted molar refractivity (Wildman–Crippen MR) is 145 cm³/mol. The Balaban J connectivity index is 0.00000289. The Labute approximate surface area is 209 Å². The van der Waals surface area contributed by atoms with E-state index in [1.807, 2.05) is 13.2 Å². The number of halogens is 1. The van der Waals surface area contributed by atoms with E-state index in [4.69, 9.17) is 4.98 Å². The lowest BCUT2D eigenvalue weighted by molar-refractivity contribution is 0.270. The van der Waals surface area contributed by atoms with Crippen LogP contribution < -0.4 is 10.2 Å². The van der Waals surface area contributed by atoms with E-state index < -0.39 is 0 Å². The topological polar surface area (TPSA) is 47.0 Å². The summed E-state index contributed by atoms with van der Waals surface area (Å²) in [6.45, 7) is 10.3. The zero-order chi connectivity index (χ0) is 21.5. The molecule has 0 aliphatic carbocycles. The number of piperazine rings is 1. The largest absolute Gasteiger partial charge is 0.354 e. The molecule has 0 atom stereocenters. The number of pyridine rings is 1. The molecule has 1 aromatic carbocycles. The fourth-order valence-electron chi connectivity index (χ4n) is 4.29. The van der Waals surface area contributed by atoms with Crippen LogP contribution in [0.5, 0.6) is 0 Å². The lowest BCUT2D eigenvalue weighted by atomic mass is 10.00. The first-order chi connectivity index (χ1) is 15.3. The van der Waals surface area contributed by atoms with Crippen molar-refractivity contribution in [3.05, 3.63) is 65.9 Å². The first-order valence-corrected chi connectivity index (χ1v) is 11.4. The fourth-order valence-corrected chi connectivity index (χ4v) is 4.29. The first kappa shape index (κ1) is 24.5. The van der Waals surface area contributed by atoms with E-state index in [-0.39, 0.29) is 24.0 Å². The number of benzene rings is 1. The van der Waals surface area contributed by atoms with Crippen molar-refractivity contribution >= 4 is 41.3 Å². The summed E-state index contributed by atoms with van der Waals surface area (Å²) in [6, 6.07) is 15.0. The van der Waals surface area contributed by atoms with Crippen LogP contribution >= 0.6 is 24.0 Å². The minimum atomic E-state index is 0. The van der Waals surface area contributed by atoms with Crippen molar-refractivity contribution in [3.63, 3.8) is 0 Å². The molecule has 0 spiro atoms. The van der Waals surface area contributed by atoms with E-state index in [0.29, 0.717) is 0 Å². The lowest BCUT2D eigenvalue weighted by Crippen LogP contribution is -2.46. The average molecular weight is 547 g/mol. The molecule has 32 heavy (non-hydrogen) atoms. The van der Waals surface area contributed by atoms with Crippen LogP contribution in [0, 0.1) is 0 Å². The predicted octanol–water partition coefficient (Wildman–Crippen LogP) is 3.71. The van der Waals surface area contributed by atoms with Crippen LogP contribution in [0.2, 0.25) is 0 Å². The van der Waals surface area contributed by atoms with Gasteiger partial charge in [0, 0.05) is 59.1 Å². The summed E-state index contributed by atoms with van der Waals surface area (Å²) in [7, 11) is 1.86. The number of nitrogens with one attached hydrogen (secondary N) is 1. The number of likely N-dealkylation sites (N-methyl/N-ethyl adjacent to an activating group) is 1. The van der Waals surface area contributed by atoms with Gasteiger partial charge >= 0.3 is 0 Å². The molecule has 2 aliphatic heterocycles. The van der Waals surface area contributed by atoms with Gasteiger partial charge in [0.15, 0.2) is 5.96 Å². The molecule has 0 amide bonds. The van der Waals surface area contributed by atoms with Gasteiger partial charge in [0.05, 0.1) is 0 Å². The molecule has 2 aliphatic rings. The van der Waals surface area contributed by atoms with Crippen LogP contribution in [0.1, 0.15) is 24.5 Å². The van der Waals surface area contributed by atoms with Gasteiger partial charge in [0.25, 0.3) is 0 Å². The van der Waals surface area contributed by atoms with Crippen LogP contribution in [-0.4, -0.2) is 73.6 Å². The summed E-state index contributed by atoms with van der Waals surface area (Å²) in [5.74, 6) is 2.03. The first-order valence-electron chi connectivity index (χ1n) is 11.4. The Hall–Kier alpha value is -2.13. The maximum absolute atomic E-state index is 4.72. The van der Waals surface area contributed by atoms with E-state index in [9.17, 15) is 0 Å². The monoisotopic (exact) mass is 546 g/mol. The standard InChI is InChI=1S/C25H34N6.HI/c1-3-29-15-17-30(18-16-29)24-10-9-21(19-27-24)20-28-25(26-2)31-13-11-23(12-14-31)22-7-5-4-6-8-22;/h4-11,19H,3,12-18,20H2,1-2H3,(H,26,28);1H. The van der Waals surface area contributed by atoms with Crippen LogP contribution in [0.3, 0.4) is 0 Å². The minimum absolute atomic E-state index is 0. The van der Waals surface area contributed by atoms with Crippen molar-refractivity contribution in [1.29, 1.82) is 0 Å². The summed E-state index contributed by atoms with van der Waals surface area (Å²) < 4.78 is 0. The van der Waals surface area contributed by atoms with Crippen LogP contribution in [0.4, 0.5) is 5.82 Å². The molecule has 1 aromatic heterocycles. The summed E-state index contributed by atoms with van der Waals surface area (Å²) in [5.41, 5.74) is 3.92. The Kier molecular flexibility index (Phi) is 9.35. The van der Waals surface area contributed by atoms with Gasteiger partial charge in [-0.2, -0.15) is 0 Å². The summed E-state index contributed by atoms with van der Waals surface area (Å²) in [4.78, 5) is 16.4. The number of aliphatic imine (C=N–C) groups is 1. The van der Waals surface area contributed by atoms with Crippen LogP contribution in [0.15, 0.2) is 59.7 Å². The Morgan fingerprint density at radius 1 is 1.03 bits per heavy atom. The van der Waals surface area contributed by atoms with Gasteiger partial charge in [-0.15, -0.1) is 24.0 Å². The second kappa shape index (κ2) is 12.2. The molecular formula is C25H35IN6. The summed E-state index contributed by atoms with van der Waals surface area (Å²) in [5, 5.41) is 3.51. The van der Waals surface area contributed by atoms with Gasteiger partial charge in [-0.05, 0) is 35.7 Å². The molecule has 7 heteroatoms. The molecule has 0 unspecified atom stereocenters. The van der Waals surface area contributed by atoms with Crippen molar-refractivity contribution in [3.8, 4) is 0 Å². The normalized spacial score (nSPS) is 17.6. The van der Waals surface area contributed by atoms with Gasteiger partial charge in [-0.1, -0.05) is 49.4 Å². The number of aromatic nitrogens is 1. The van der Waals surface area contributed by atoms with Crippen molar-refractivity contribution < 1.29 is 0 Å². The molecule has 0 bridgehead atoms. The Bertz CT molecular complexity index is 888. The van der Waals surface area contributed by atoms with E-state index in [1.54, 1.807) is 0 Å². The molecule has 0 radical (unpaired) electrons. The highest BCUT2D eigenvalue weighted by molar-refractivity contribution is 14.0. The molecule has 6 nitrogen and oxygen atoms in total. The van der Waals surface area contributed by atoms with Crippen molar-refractivity contribution in [2.45, 2.75) is 19.9 Å². The molecule has 2 aromatic rings. The number of guanidine groups is 1. The maximum Gasteiger partial charge on any atom is 0.194 e. The van der Waals surface area contributed by atoms with E-state index in [0.717, 1.165) is 70.6 Å². The quantitative estimate of drug-likeness (QED) is 0.352. The highest BCUT2D eigenvalue weighted by Crippen LogP contribution is 2.22. The summed E-state index contributed by atoms with van der Waals surface area (Å²) in [6.07, 6.45) is 5.35. The molecule has 4 rings (SSSR count). The van der Waals surface area contributed by atoms with Gasteiger partial charge in [0.1, 0.15) is 5.82 Å². The number of hydrogen-bond donors (Lipinski definition) is 1. The van der Waals surface area contributed by atoms with E-state index >= 15 is 0 Å². The van der Waals surface area contributed by atoms with Gasteiger partial charge in [-0.3, -0.25) is 4.99 Å². The van der Waals surface area contributed by atoms with Crippen LogP contribution in [0.25, 0.3) is 5.57 Å². The second-order valence-corrected chi connectivity index (χ2v) is 8.14. The minimum Gasteiger partial charge on any atom is -0.354 e. The lowest BCUT2D eigenvalue weighted by Gasteiger charge is -2.34. The van der Waals surface area contributed by atoms with E-state index in [2.05, 4.69) is 80.5 Å². The molecule has 172 valence electrons. The Morgan fingerprint density at radius 3 is 2.41 bits per heavy atom. The van der Waals surface area contributed by atoms with E-state index in [1.165, 1.54) is 16.7 Å². The van der Waals surface area contributed by atoms with Gasteiger partial charge in [-0.25, -0.2) is 4.98 Å². The average Bonchev–Trinajstić information content (AvgIpc) is 2.86. The van der Waals surface area contributed by atoms with Gasteiger partial charge in [0.2, 0.25) is 0 Å². The smallest absolute Gasteiger partial charge is 0.194 e.